The third-order valence-corrected chi connectivity index (χ3v) is 6.49. The van der Waals surface area contributed by atoms with E-state index >= 15 is 0 Å². The van der Waals surface area contributed by atoms with Crippen LogP contribution in [-0.4, -0.2) is 44.7 Å². The van der Waals surface area contributed by atoms with Crippen LogP contribution in [0.5, 0.6) is 0 Å². The fraction of sp³-hybridized carbons (Fsp3) is 0.833. The van der Waals surface area contributed by atoms with E-state index in [-0.39, 0.29) is 36.8 Å². The summed E-state index contributed by atoms with van der Waals surface area (Å²) in [7, 11) is 0. The van der Waals surface area contributed by atoms with Gasteiger partial charge in [-0.3, -0.25) is 4.79 Å². The summed E-state index contributed by atoms with van der Waals surface area (Å²) in [5.74, 6) is 3.79. The number of nitrogens with zero attached hydrogens (tertiary/aromatic N) is 4. The summed E-state index contributed by atoms with van der Waals surface area (Å²) < 4.78 is 2.00. The molecule has 148 valence electrons. The third-order valence-electron chi connectivity index (χ3n) is 6.49. The fourth-order valence-electron chi connectivity index (χ4n) is 5.31. The van der Waals surface area contributed by atoms with Crippen molar-refractivity contribution in [3.8, 4) is 0 Å². The summed E-state index contributed by atoms with van der Waals surface area (Å²) >= 11 is 0. The number of halogens is 2. The maximum atomic E-state index is 13.1. The van der Waals surface area contributed by atoms with Crippen LogP contribution < -0.4 is 5.73 Å². The summed E-state index contributed by atoms with van der Waals surface area (Å²) in [5.41, 5.74) is 6.38. The van der Waals surface area contributed by atoms with Crippen LogP contribution in [0.3, 0.4) is 0 Å². The van der Waals surface area contributed by atoms with Gasteiger partial charge >= 0.3 is 0 Å². The molecule has 0 aromatic carbocycles. The number of carbonyl (C=O) groups is 1. The minimum absolute atomic E-state index is 0. The number of carbonyl (C=O) groups excluding carboxylic acids is 1. The van der Waals surface area contributed by atoms with Gasteiger partial charge in [-0.15, -0.1) is 24.8 Å². The molecular weight excluding hydrogens is 373 g/mol. The van der Waals surface area contributed by atoms with Crippen LogP contribution in [0, 0.1) is 37.5 Å². The highest BCUT2D eigenvalue weighted by molar-refractivity contribution is 5.85. The van der Waals surface area contributed by atoms with Crippen molar-refractivity contribution in [2.75, 3.05) is 13.1 Å². The Morgan fingerprint density at radius 1 is 1.19 bits per heavy atom. The molecule has 3 aliphatic rings. The number of amides is 1. The Morgan fingerprint density at radius 3 is 2.54 bits per heavy atom. The van der Waals surface area contributed by atoms with E-state index in [2.05, 4.69) is 15.0 Å². The van der Waals surface area contributed by atoms with E-state index in [0.29, 0.717) is 23.7 Å². The molecule has 5 atom stereocenters. The van der Waals surface area contributed by atoms with Gasteiger partial charge in [0.05, 0.1) is 5.92 Å². The number of hydrogen-bond acceptors (Lipinski definition) is 4. The lowest BCUT2D eigenvalue weighted by molar-refractivity contribution is -0.139. The van der Waals surface area contributed by atoms with E-state index in [9.17, 15) is 4.79 Å². The van der Waals surface area contributed by atoms with Crippen molar-refractivity contribution in [2.24, 2.45) is 29.4 Å². The molecule has 4 rings (SSSR count). The summed E-state index contributed by atoms with van der Waals surface area (Å²) in [6.07, 6.45) is 5.84. The smallest absolute Gasteiger partial charge is 0.227 e. The van der Waals surface area contributed by atoms with Gasteiger partial charge in [0.25, 0.3) is 0 Å². The van der Waals surface area contributed by atoms with Gasteiger partial charge in [-0.2, -0.15) is 5.10 Å². The van der Waals surface area contributed by atoms with Crippen molar-refractivity contribution >= 4 is 30.7 Å². The van der Waals surface area contributed by atoms with Gasteiger partial charge < -0.3 is 10.6 Å². The Hall–Kier alpha value is -0.850. The molecule has 2 saturated carbocycles. The van der Waals surface area contributed by atoms with Gasteiger partial charge in [0.2, 0.25) is 5.91 Å². The quantitative estimate of drug-likeness (QED) is 0.839. The molecule has 1 aromatic rings. The molecule has 1 amide bonds. The first-order chi connectivity index (χ1) is 11.5. The molecule has 1 aromatic heterocycles. The van der Waals surface area contributed by atoms with Crippen molar-refractivity contribution in [1.29, 1.82) is 0 Å². The molecule has 6 nitrogen and oxygen atoms in total. The Morgan fingerprint density at radius 2 is 1.92 bits per heavy atom. The highest BCUT2D eigenvalue weighted by Crippen LogP contribution is 2.48. The van der Waals surface area contributed by atoms with Crippen molar-refractivity contribution in [3.05, 3.63) is 11.6 Å². The second kappa shape index (κ2) is 8.44. The van der Waals surface area contributed by atoms with E-state index in [1.54, 1.807) is 0 Å². The Labute approximate surface area is 168 Å². The third kappa shape index (κ3) is 3.87. The van der Waals surface area contributed by atoms with Crippen LogP contribution in [-0.2, 0) is 11.3 Å². The van der Waals surface area contributed by atoms with Crippen LogP contribution >= 0.6 is 24.8 Å². The van der Waals surface area contributed by atoms with Gasteiger partial charge in [0, 0.05) is 25.7 Å². The lowest BCUT2D eigenvalue weighted by Gasteiger charge is -2.37. The van der Waals surface area contributed by atoms with Crippen LogP contribution in [0.2, 0.25) is 0 Å². The maximum Gasteiger partial charge on any atom is 0.227 e. The van der Waals surface area contributed by atoms with Gasteiger partial charge in [-0.05, 0) is 63.7 Å². The Bertz CT molecular complexity index is 635. The van der Waals surface area contributed by atoms with Crippen LogP contribution in [0.4, 0.5) is 0 Å². The zero-order valence-electron chi connectivity index (χ0n) is 15.6. The number of piperidine rings is 1. The highest BCUT2D eigenvalue weighted by atomic mass is 35.5. The van der Waals surface area contributed by atoms with Gasteiger partial charge in [0.15, 0.2) is 0 Å². The molecule has 3 fully saturated rings. The lowest BCUT2D eigenvalue weighted by atomic mass is 9.83. The Kier molecular flexibility index (Phi) is 6.97. The predicted molar refractivity (Wildman–Crippen MR) is 106 cm³/mol. The first-order valence-electron chi connectivity index (χ1n) is 9.45. The van der Waals surface area contributed by atoms with Crippen molar-refractivity contribution in [3.63, 3.8) is 0 Å². The van der Waals surface area contributed by atoms with E-state index < -0.39 is 0 Å². The first kappa shape index (κ1) is 21.5. The summed E-state index contributed by atoms with van der Waals surface area (Å²) in [5, 5.41) is 4.48. The lowest BCUT2D eigenvalue weighted by Crippen LogP contribution is -2.50. The van der Waals surface area contributed by atoms with E-state index in [4.69, 9.17) is 5.73 Å². The molecule has 2 heterocycles. The average molecular weight is 404 g/mol. The van der Waals surface area contributed by atoms with Gasteiger partial charge in [-0.25, -0.2) is 9.67 Å². The predicted octanol–water partition coefficient (Wildman–Crippen LogP) is 2.35. The van der Waals surface area contributed by atoms with Crippen molar-refractivity contribution < 1.29 is 4.79 Å². The molecule has 1 aliphatic heterocycles. The number of likely N-dealkylation sites (tertiary alicyclic amines) is 1. The van der Waals surface area contributed by atoms with E-state index in [1.165, 1.54) is 19.3 Å². The van der Waals surface area contributed by atoms with Crippen molar-refractivity contribution in [1.82, 2.24) is 19.7 Å². The molecular formula is C18H31Cl2N5O. The molecule has 0 spiro atoms. The van der Waals surface area contributed by atoms with Crippen LogP contribution in [0.25, 0.3) is 0 Å². The highest BCUT2D eigenvalue weighted by Gasteiger charge is 2.50. The number of aromatic nitrogens is 3. The monoisotopic (exact) mass is 403 g/mol. The molecule has 2 bridgehead atoms. The number of nitrogens with two attached hydrogens (primary N) is 1. The number of hydrogen-bond donors (Lipinski definition) is 1. The van der Waals surface area contributed by atoms with E-state index in [1.807, 2.05) is 18.5 Å². The zero-order valence-corrected chi connectivity index (χ0v) is 17.3. The normalized spacial score (nSPS) is 32.9. The summed E-state index contributed by atoms with van der Waals surface area (Å²) in [4.78, 5) is 19.6. The molecule has 2 N–H and O–H groups in total. The molecule has 5 unspecified atom stereocenters. The van der Waals surface area contributed by atoms with Crippen molar-refractivity contribution in [2.45, 2.75) is 58.5 Å². The second-order valence-electron chi connectivity index (χ2n) is 8.12. The summed E-state index contributed by atoms with van der Waals surface area (Å²) in [6, 6.07) is 0.0943. The molecule has 2 aliphatic carbocycles. The fourth-order valence-corrected chi connectivity index (χ4v) is 5.31. The molecule has 0 radical (unpaired) electrons. The topological polar surface area (TPSA) is 77.0 Å². The van der Waals surface area contributed by atoms with Crippen LogP contribution in [0.1, 0.15) is 43.8 Å². The van der Waals surface area contributed by atoms with Gasteiger partial charge in [-0.1, -0.05) is 0 Å². The zero-order chi connectivity index (χ0) is 16.8. The summed E-state index contributed by atoms with van der Waals surface area (Å²) in [6.45, 7) is 6.53. The largest absolute Gasteiger partial charge is 0.342 e. The Balaban J connectivity index is 0.00000121. The maximum absolute atomic E-state index is 13.1. The average Bonchev–Trinajstić information content (AvgIpc) is 3.22. The van der Waals surface area contributed by atoms with Gasteiger partial charge in [0.1, 0.15) is 11.6 Å². The standard InChI is InChI=1S/C18H29N5O.2ClH/c1-11-20-12(2)23(21-11)10-13-4-3-7-22(9-13)18(24)16-14-5-6-15(8-14)17(16)19;;/h13-17H,3-10,19H2,1-2H3;2*1H. The first-order valence-corrected chi connectivity index (χ1v) is 9.45. The number of rotatable bonds is 3. The minimum Gasteiger partial charge on any atom is -0.342 e. The minimum atomic E-state index is 0. The molecule has 1 saturated heterocycles. The molecule has 26 heavy (non-hydrogen) atoms. The van der Waals surface area contributed by atoms with E-state index in [0.717, 1.165) is 44.1 Å². The number of fused-ring (bicyclic) bond motifs is 2. The SMILES string of the molecule is Cc1nc(C)n(CC2CCCN(C(=O)C3C4CCC(C4)C3N)C2)n1.Cl.Cl. The molecule has 8 heteroatoms. The second-order valence-corrected chi connectivity index (χ2v) is 8.12. The number of aryl methyl sites for hydroxylation is 2. The van der Waals surface area contributed by atoms with Crippen LogP contribution in [0.15, 0.2) is 0 Å².